The van der Waals surface area contributed by atoms with Crippen molar-refractivity contribution in [1.29, 1.82) is 0 Å². The minimum atomic E-state index is -4.48. The first kappa shape index (κ1) is 27.1. The van der Waals surface area contributed by atoms with E-state index in [1.807, 2.05) is 48.5 Å². The van der Waals surface area contributed by atoms with E-state index in [1.165, 1.54) is 6.33 Å². The van der Waals surface area contributed by atoms with Gasteiger partial charge in [-0.1, -0.05) is 55.0 Å². The molecule has 1 N–H and O–H groups in total. The molecule has 11 heteroatoms. The molecule has 0 bridgehead atoms. The molecule has 2 aromatic heterocycles. The molecule has 1 aliphatic carbocycles. The van der Waals surface area contributed by atoms with E-state index in [2.05, 4.69) is 35.1 Å². The lowest BCUT2D eigenvalue weighted by atomic mass is 9.73. The highest BCUT2D eigenvalue weighted by Crippen LogP contribution is 2.51. The molecule has 1 fully saturated rings. The molecule has 4 aromatic rings. The molecule has 41 heavy (non-hydrogen) atoms. The van der Waals surface area contributed by atoms with Gasteiger partial charge in [0.1, 0.15) is 18.3 Å². The van der Waals surface area contributed by atoms with Gasteiger partial charge in [-0.15, -0.1) is 0 Å². The minimum absolute atomic E-state index is 0.428. The van der Waals surface area contributed by atoms with Crippen molar-refractivity contribution < 1.29 is 18.0 Å². The molecule has 2 aromatic carbocycles. The number of carbonyl (C=O) groups is 1. The highest BCUT2D eigenvalue weighted by atomic mass is 19.4. The van der Waals surface area contributed by atoms with Gasteiger partial charge in [-0.3, -0.25) is 9.69 Å². The lowest BCUT2D eigenvalue weighted by molar-refractivity contribution is -0.141. The average molecular weight is 562 g/mol. The van der Waals surface area contributed by atoms with Crippen LogP contribution in [0, 0.1) is 0 Å². The Labute approximate surface area is 235 Å². The van der Waals surface area contributed by atoms with E-state index in [9.17, 15) is 18.0 Å². The van der Waals surface area contributed by atoms with E-state index in [0.717, 1.165) is 66.8 Å². The maximum atomic E-state index is 13.6. The van der Waals surface area contributed by atoms with Crippen LogP contribution in [0.2, 0.25) is 0 Å². The Morgan fingerprint density at radius 3 is 2.27 bits per heavy atom. The summed E-state index contributed by atoms with van der Waals surface area (Å²) < 4.78 is 39.3. The third-order valence-corrected chi connectivity index (χ3v) is 8.08. The second kappa shape index (κ2) is 11.0. The zero-order chi connectivity index (χ0) is 28.5. The summed E-state index contributed by atoms with van der Waals surface area (Å²) in [6, 6.07) is 15.1. The summed E-state index contributed by atoms with van der Waals surface area (Å²) in [5.74, 6) is 0.0581. The summed E-state index contributed by atoms with van der Waals surface area (Å²) in [4.78, 5) is 35.4. The minimum Gasteiger partial charge on any atom is -0.346 e. The summed E-state index contributed by atoms with van der Waals surface area (Å²) in [7, 11) is 0. The number of amides is 1. The van der Waals surface area contributed by atoms with Crippen molar-refractivity contribution in [3.8, 4) is 11.1 Å². The molecule has 0 unspecified atom stereocenters. The third-order valence-electron chi connectivity index (χ3n) is 8.08. The summed E-state index contributed by atoms with van der Waals surface area (Å²) in [5.41, 5.74) is 2.82. The molecule has 6 rings (SSSR count). The molecular weight excluding hydrogens is 531 g/mol. The van der Waals surface area contributed by atoms with Crippen molar-refractivity contribution in [2.75, 3.05) is 44.2 Å². The van der Waals surface area contributed by atoms with Gasteiger partial charge in [0, 0.05) is 38.6 Å². The summed E-state index contributed by atoms with van der Waals surface area (Å²) in [6.45, 7) is 2.73. The molecule has 0 radical (unpaired) electrons. The van der Waals surface area contributed by atoms with E-state index >= 15 is 0 Å². The number of halogens is 3. The van der Waals surface area contributed by atoms with Gasteiger partial charge in [-0.05, 0) is 41.6 Å². The van der Waals surface area contributed by atoms with Crippen molar-refractivity contribution in [2.45, 2.75) is 30.9 Å². The Morgan fingerprint density at radius 1 is 0.902 bits per heavy atom. The number of alkyl halides is 3. The molecule has 212 valence electrons. The van der Waals surface area contributed by atoms with Crippen LogP contribution in [0.1, 0.15) is 30.4 Å². The highest BCUT2D eigenvalue weighted by molar-refractivity contribution is 6.00. The molecule has 1 saturated heterocycles. The average Bonchev–Trinajstić information content (AvgIpc) is 3.28. The first-order valence-electron chi connectivity index (χ1n) is 13.8. The van der Waals surface area contributed by atoms with Crippen molar-refractivity contribution in [3.63, 3.8) is 0 Å². The van der Waals surface area contributed by atoms with E-state index in [0.29, 0.717) is 24.4 Å². The van der Waals surface area contributed by atoms with Crippen LogP contribution in [0.4, 0.5) is 19.1 Å². The molecule has 3 heterocycles. The van der Waals surface area contributed by atoms with Crippen molar-refractivity contribution in [3.05, 3.63) is 78.4 Å². The molecule has 0 saturated carbocycles. The standard InChI is InChI=1S/C30H30F3N7O/c31-30(32,33)19-36-27(41)29(24-9-3-1-7-22(24)23-8-2-4-10-25(23)29)11-5-6-12-39-13-15-40(16-14-39)28-35-18-21-17-34-20-37-26(21)38-28/h1-4,7-10,17-18,20H,5-6,11-16,19H2,(H,36,41). The quantitative estimate of drug-likeness (QED) is 0.320. The van der Waals surface area contributed by atoms with Crippen LogP contribution in [0.5, 0.6) is 0 Å². The van der Waals surface area contributed by atoms with Crippen LogP contribution in [0.15, 0.2) is 67.3 Å². The van der Waals surface area contributed by atoms with Crippen LogP contribution in [-0.4, -0.2) is 76.2 Å². The van der Waals surface area contributed by atoms with Gasteiger partial charge in [0.25, 0.3) is 0 Å². The zero-order valence-electron chi connectivity index (χ0n) is 22.4. The first-order valence-corrected chi connectivity index (χ1v) is 13.8. The number of benzene rings is 2. The Kier molecular flexibility index (Phi) is 7.29. The van der Waals surface area contributed by atoms with Crippen molar-refractivity contribution >= 4 is 22.9 Å². The zero-order valence-corrected chi connectivity index (χ0v) is 22.4. The second-order valence-electron chi connectivity index (χ2n) is 10.6. The monoisotopic (exact) mass is 561 g/mol. The van der Waals surface area contributed by atoms with E-state index < -0.39 is 24.0 Å². The van der Waals surface area contributed by atoms with Gasteiger partial charge in [0.15, 0.2) is 5.65 Å². The van der Waals surface area contributed by atoms with Crippen LogP contribution >= 0.6 is 0 Å². The van der Waals surface area contributed by atoms with Crippen LogP contribution in [0.3, 0.4) is 0 Å². The molecule has 8 nitrogen and oxygen atoms in total. The fraction of sp³-hybridized carbons (Fsp3) is 0.367. The normalized spacial score (nSPS) is 16.4. The highest BCUT2D eigenvalue weighted by Gasteiger charge is 2.49. The fourth-order valence-corrected chi connectivity index (χ4v) is 6.10. The number of aromatic nitrogens is 4. The number of nitrogens with one attached hydrogen (secondary N) is 1. The fourth-order valence-electron chi connectivity index (χ4n) is 6.10. The van der Waals surface area contributed by atoms with E-state index in [4.69, 9.17) is 0 Å². The van der Waals surface area contributed by atoms with Gasteiger partial charge < -0.3 is 10.2 Å². The lowest BCUT2D eigenvalue weighted by Crippen LogP contribution is -2.48. The second-order valence-corrected chi connectivity index (χ2v) is 10.6. The van der Waals surface area contributed by atoms with Gasteiger partial charge in [-0.25, -0.2) is 15.0 Å². The van der Waals surface area contributed by atoms with Gasteiger partial charge in [0.2, 0.25) is 11.9 Å². The molecule has 2 aliphatic rings. The smallest absolute Gasteiger partial charge is 0.346 e. The van der Waals surface area contributed by atoms with Crippen LogP contribution in [-0.2, 0) is 10.2 Å². The number of hydrogen-bond acceptors (Lipinski definition) is 7. The maximum absolute atomic E-state index is 13.6. The van der Waals surface area contributed by atoms with Gasteiger partial charge in [0.05, 0.1) is 5.39 Å². The Balaban J connectivity index is 1.12. The van der Waals surface area contributed by atoms with Crippen molar-refractivity contribution in [1.82, 2.24) is 30.2 Å². The number of piperazine rings is 1. The Morgan fingerprint density at radius 2 is 1.59 bits per heavy atom. The summed E-state index contributed by atoms with van der Waals surface area (Å²) in [6.07, 6.45) is 2.36. The largest absolute Gasteiger partial charge is 0.405 e. The number of rotatable bonds is 8. The Hall–Kier alpha value is -4.12. The predicted molar refractivity (Wildman–Crippen MR) is 149 cm³/mol. The van der Waals surface area contributed by atoms with Crippen LogP contribution < -0.4 is 10.2 Å². The number of anilines is 1. The van der Waals surface area contributed by atoms with Crippen molar-refractivity contribution in [2.24, 2.45) is 0 Å². The van der Waals surface area contributed by atoms with E-state index in [-0.39, 0.29) is 0 Å². The molecule has 1 aliphatic heterocycles. The van der Waals surface area contributed by atoms with Gasteiger partial charge >= 0.3 is 6.18 Å². The predicted octanol–water partition coefficient (Wildman–Crippen LogP) is 4.36. The molecule has 0 spiro atoms. The molecular formula is C30H30F3N7O. The number of carbonyl (C=O) groups excluding carboxylic acids is 1. The SMILES string of the molecule is O=C(NCC(F)(F)F)C1(CCCCN2CCN(c3ncc4cncnc4n3)CC2)c2ccccc2-c2ccccc21. The topological polar surface area (TPSA) is 87.1 Å². The maximum Gasteiger partial charge on any atom is 0.405 e. The van der Waals surface area contributed by atoms with E-state index in [1.54, 1.807) is 12.4 Å². The third kappa shape index (κ3) is 5.33. The first-order chi connectivity index (χ1) is 19.8. The number of unbranched alkanes of at least 4 members (excludes halogenated alkanes) is 1. The number of fused-ring (bicyclic) bond motifs is 4. The lowest BCUT2D eigenvalue weighted by Gasteiger charge is -2.35. The molecule has 0 atom stereocenters. The Bertz CT molecular complexity index is 1510. The number of nitrogens with zero attached hydrogens (tertiary/aromatic N) is 6. The summed E-state index contributed by atoms with van der Waals surface area (Å²) in [5, 5.41) is 3.01. The van der Waals surface area contributed by atoms with Gasteiger partial charge in [-0.2, -0.15) is 18.2 Å². The number of hydrogen-bond donors (Lipinski definition) is 1. The van der Waals surface area contributed by atoms with Crippen LogP contribution in [0.25, 0.3) is 22.2 Å². The summed E-state index contributed by atoms with van der Waals surface area (Å²) >= 11 is 0. The molecule has 1 amide bonds.